The monoisotopic (exact) mass is 427 g/mol. The van der Waals surface area contributed by atoms with E-state index < -0.39 is 11.6 Å². The van der Waals surface area contributed by atoms with Gasteiger partial charge in [-0.1, -0.05) is 35.9 Å². The van der Waals surface area contributed by atoms with E-state index in [1.165, 1.54) is 12.0 Å². The van der Waals surface area contributed by atoms with Crippen molar-refractivity contribution in [1.29, 1.82) is 0 Å². The highest BCUT2D eigenvalue weighted by Gasteiger charge is 2.52. The second-order valence-electron chi connectivity index (χ2n) is 7.52. The lowest BCUT2D eigenvalue weighted by Crippen LogP contribution is -2.55. The van der Waals surface area contributed by atoms with Crippen LogP contribution in [0.2, 0.25) is 5.02 Å². The number of nitrogens with zero attached hydrogens (tertiary/aromatic N) is 2. The zero-order valence-corrected chi connectivity index (χ0v) is 17.3. The number of halogens is 1. The number of methoxy groups -OCH3 is 1. The Balaban J connectivity index is 1.45. The van der Waals surface area contributed by atoms with Gasteiger partial charge in [-0.15, -0.1) is 0 Å². The Labute approximate surface area is 179 Å². The summed E-state index contributed by atoms with van der Waals surface area (Å²) in [4.78, 5) is 41.5. The molecule has 0 bridgehead atoms. The number of carbonyl (C=O) groups excluding carboxylic acids is 3. The van der Waals surface area contributed by atoms with Gasteiger partial charge in [-0.3, -0.25) is 14.5 Å². The van der Waals surface area contributed by atoms with Crippen LogP contribution < -0.4 is 10.1 Å². The van der Waals surface area contributed by atoms with Crippen LogP contribution in [0.15, 0.2) is 48.5 Å². The second kappa shape index (κ2) is 7.99. The molecule has 2 saturated heterocycles. The van der Waals surface area contributed by atoms with Crippen molar-refractivity contribution in [2.24, 2.45) is 0 Å². The minimum atomic E-state index is -0.957. The zero-order chi connectivity index (χ0) is 21.3. The van der Waals surface area contributed by atoms with Gasteiger partial charge in [0.2, 0.25) is 0 Å². The van der Waals surface area contributed by atoms with Gasteiger partial charge in [0.05, 0.1) is 19.2 Å². The predicted octanol–water partition coefficient (Wildman–Crippen LogP) is 3.08. The fraction of sp³-hybridized carbons (Fsp3) is 0.318. The first-order chi connectivity index (χ1) is 14.4. The van der Waals surface area contributed by atoms with Gasteiger partial charge in [-0.05, 0) is 42.7 Å². The van der Waals surface area contributed by atoms with Gasteiger partial charge in [0.15, 0.2) is 0 Å². The molecule has 0 aliphatic carbocycles. The maximum Gasteiger partial charge on any atom is 0.325 e. The third-order valence-corrected chi connectivity index (χ3v) is 5.99. The van der Waals surface area contributed by atoms with Crippen LogP contribution in [-0.4, -0.2) is 53.4 Å². The highest BCUT2D eigenvalue weighted by atomic mass is 35.5. The molecule has 8 heteroatoms. The summed E-state index contributed by atoms with van der Waals surface area (Å²) in [5.41, 5.74) is 0.354. The molecule has 4 amide bonds. The van der Waals surface area contributed by atoms with E-state index in [2.05, 4.69) is 5.32 Å². The minimum Gasteiger partial charge on any atom is -0.496 e. The number of benzene rings is 2. The largest absolute Gasteiger partial charge is 0.496 e. The van der Waals surface area contributed by atoms with E-state index in [1.54, 1.807) is 47.4 Å². The molecule has 2 aromatic rings. The molecule has 1 N–H and O–H groups in total. The molecule has 1 spiro atoms. The van der Waals surface area contributed by atoms with Crippen molar-refractivity contribution < 1.29 is 19.1 Å². The Kier molecular flexibility index (Phi) is 5.39. The minimum absolute atomic E-state index is 0.142. The third-order valence-electron chi connectivity index (χ3n) is 5.74. The molecule has 0 radical (unpaired) electrons. The average Bonchev–Trinajstić information content (AvgIpc) is 2.99. The molecule has 4 rings (SSSR count). The summed E-state index contributed by atoms with van der Waals surface area (Å²) in [7, 11) is 1.53. The number of carbonyl (C=O) groups is 3. The number of piperidine rings is 1. The molecule has 2 fully saturated rings. The Morgan fingerprint density at radius 3 is 2.43 bits per heavy atom. The lowest BCUT2D eigenvalue weighted by atomic mass is 9.87. The molecule has 2 aliphatic rings. The molecule has 2 aliphatic heterocycles. The molecule has 2 heterocycles. The van der Waals surface area contributed by atoms with Crippen LogP contribution >= 0.6 is 11.6 Å². The first-order valence-electron chi connectivity index (χ1n) is 9.74. The van der Waals surface area contributed by atoms with Crippen LogP contribution in [0.5, 0.6) is 5.75 Å². The third kappa shape index (κ3) is 3.61. The van der Waals surface area contributed by atoms with E-state index in [4.69, 9.17) is 16.3 Å². The van der Waals surface area contributed by atoms with Crippen LogP contribution in [0, 0.1) is 0 Å². The second-order valence-corrected chi connectivity index (χ2v) is 7.96. The SMILES string of the molecule is COc1ccccc1C(=O)N1CCC2(CC1)NC(=O)N(Cc1ccc(Cl)cc1)C2=O. The summed E-state index contributed by atoms with van der Waals surface area (Å²) < 4.78 is 5.29. The van der Waals surface area contributed by atoms with E-state index in [0.29, 0.717) is 42.3 Å². The van der Waals surface area contributed by atoms with Crippen molar-refractivity contribution in [1.82, 2.24) is 15.1 Å². The Bertz CT molecular complexity index is 984. The van der Waals surface area contributed by atoms with Gasteiger partial charge >= 0.3 is 6.03 Å². The molecular formula is C22H22ClN3O4. The first-order valence-corrected chi connectivity index (χ1v) is 10.1. The van der Waals surface area contributed by atoms with E-state index in [1.807, 2.05) is 6.07 Å². The highest BCUT2D eigenvalue weighted by molar-refractivity contribution is 6.30. The normalized spacial score (nSPS) is 17.9. The van der Waals surface area contributed by atoms with Crippen molar-refractivity contribution in [3.05, 3.63) is 64.7 Å². The highest BCUT2D eigenvalue weighted by Crippen LogP contribution is 2.32. The molecule has 0 aromatic heterocycles. The standard InChI is InChI=1S/C22H22ClN3O4/c1-30-18-5-3-2-4-17(18)19(27)25-12-10-22(11-13-25)20(28)26(21(29)24-22)14-15-6-8-16(23)9-7-15/h2-9H,10-14H2,1H3,(H,24,29). The average molecular weight is 428 g/mol. The number of amides is 4. The fourth-order valence-electron chi connectivity index (χ4n) is 4.01. The summed E-state index contributed by atoms with van der Waals surface area (Å²) >= 11 is 5.90. The predicted molar refractivity (Wildman–Crippen MR) is 111 cm³/mol. The molecule has 0 saturated carbocycles. The maximum absolute atomic E-state index is 13.1. The van der Waals surface area contributed by atoms with Crippen LogP contribution in [0.4, 0.5) is 4.79 Å². The fourth-order valence-corrected chi connectivity index (χ4v) is 4.14. The van der Waals surface area contributed by atoms with E-state index in [0.717, 1.165) is 5.56 Å². The topological polar surface area (TPSA) is 79.0 Å². The van der Waals surface area contributed by atoms with Crippen molar-refractivity contribution >= 4 is 29.4 Å². The van der Waals surface area contributed by atoms with Crippen molar-refractivity contribution in [3.8, 4) is 5.75 Å². The number of ether oxygens (including phenoxy) is 1. The summed E-state index contributed by atoms with van der Waals surface area (Å²) in [6, 6.07) is 13.7. The van der Waals surface area contributed by atoms with E-state index >= 15 is 0 Å². The van der Waals surface area contributed by atoms with E-state index in [-0.39, 0.29) is 18.4 Å². The number of rotatable bonds is 4. The van der Waals surface area contributed by atoms with Gasteiger partial charge < -0.3 is 15.0 Å². The molecule has 0 unspecified atom stereocenters. The summed E-state index contributed by atoms with van der Waals surface area (Å²) in [6.07, 6.45) is 0.741. The van der Waals surface area contributed by atoms with Crippen molar-refractivity contribution in [3.63, 3.8) is 0 Å². The van der Waals surface area contributed by atoms with Gasteiger partial charge in [0, 0.05) is 18.1 Å². The van der Waals surface area contributed by atoms with Gasteiger partial charge in [0.1, 0.15) is 11.3 Å². The van der Waals surface area contributed by atoms with Gasteiger partial charge in [-0.2, -0.15) is 0 Å². The molecular weight excluding hydrogens is 406 g/mol. The lowest BCUT2D eigenvalue weighted by Gasteiger charge is -2.37. The van der Waals surface area contributed by atoms with Crippen LogP contribution in [0.25, 0.3) is 0 Å². The van der Waals surface area contributed by atoms with Crippen LogP contribution in [0.1, 0.15) is 28.8 Å². The molecule has 0 atom stereocenters. The van der Waals surface area contributed by atoms with E-state index in [9.17, 15) is 14.4 Å². The van der Waals surface area contributed by atoms with Crippen LogP contribution in [0.3, 0.4) is 0 Å². The maximum atomic E-state index is 13.1. The molecule has 2 aromatic carbocycles. The number of para-hydroxylation sites is 1. The number of urea groups is 1. The first kappa shape index (κ1) is 20.2. The number of nitrogens with one attached hydrogen (secondary N) is 1. The van der Waals surface area contributed by atoms with Gasteiger partial charge in [0.25, 0.3) is 11.8 Å². The lowest BCUT2D eigenvalue weighted by molar-refractivity contribution is -0.133. The summed E-state index contributed by atoms with van der Waals surface area (Å²) in [6.45, 7) is 0.933. The van der Waals surface area contributed by atoms with Crippen LogP contribution in [-0.2, 0) is 11.3 Å². The number of hydrogen-bond acceptors (Lipinski definition) is 4. The molecule has 7 nitrogen and oxygen atoms in total. The molecule has 156 valence electrons. The zero-order valence-electron chi connectivity index (χ0n) is 16.6. The Morgan fingerprint density at radius 1 is 1.10 bits per heavy atom. The Hall–Kier alpha value is -3.06. The number of hydrogen-bond donors (Lipinski definition) is 1. The van der Waals surface area contributed by atoms with Crippen molar-refractivity contribution in [2.75, 3.05) is 20.2 Å². The van der Waals surface area contributed by atoms with Crippen molar-refractivity contribution in [2.45, 2.75) is 24.9 Å². The number of imide groups is 1. The Morgan fingerprint density at radius 2 is 1.77 bits per heavy atom. The van der Waals surface area contributed by atoms with Gasteiger partial charge in [-0.25, -0.2) is 4.79 Å². The molecule has 30 heavy (non-hydrogen) atoms. The smallest absolute Gasteiger partial charge is 0.325 e. The summed E-state index contributed by atoms with van der Waals surface area (Å²) in [5, 5.41) is 3.47. The summed E-state index contributed by atoms with van der Waals surface area (Å²) in [5.74, 6) is 0.131. The number of likely N-dealkylation sites (tertiary alicyclic amines) is 1. The quantitative estimate of drug-likeness (QED) is 0.760.